The van der Waals surface area contributed by atoms with Crippen molar-refractivity contribution in [2.75, 3.05) is 6.54 Å². The average molecular weight is 223 g/mol. The van der Waals surface area contributed by atoms with Crippen LogP contribution in [0.3, 0.4) is 0 Å². The molecule has 0 spiro atoms. The lowest BCUT2D eigenvalue weighted by Gasteiger charge is -1.98. The smallest absolute Gasteiger partial charge is 0.392 e. The normalized spacial score (nSPS) is 10.6. The third kappa shape index (κ3) is 1.87. The van der Waals surface area contributed by atoms with Crippen LogP contribution in [0.25, 0.3) is 5.69 Å². The topological polar surface area (TPSA) is 74.0 Å². The SMILES string of the molecule is NCCc1nn(-c2ccccc2F)c(=O)o1. The first-order valence-electron chi connectivity index (χ1n) is 4.76. The Hall–Kier alpha value is -1.95. The molecule has 0 aliphatic rings. The van der Waals surface area contributed by atoms with Crippen LogP contribution in [0.2, 0.25) is 0 Å². The predicted octanol–water partition coefficient (Wildman–Crippen LogP) is 0.466. The van der Waals surface area contributed by atoms with Crippen LogP contribution in [-0.4, -0.2) is 16.3 Å². The van der Waals surface area contributed by atoms with Crippen molar-refractivity contribution in [1.29, 1.82) is 0 Å². The van der Waals surface area contributed by atoms with Crippen LogP contribution in [0, 0.1) is 5.82 Å². The highest BCUT2D eigenvalue weighted by molar-refractivity contribution is 5.31. The predicted molar refractivity (Wildman–Crippen MR) is 54.8 cm³/mol. The van der Waals surface area contributed by atoms with E-state index in [1.165, 1.54) is 18.2 Å². The first-order chi connectivity index (χ1) is 7.72. The number of rotatable bonds is 3. The molecule has 6 heteroatoms. The van der Waals surface area contributed by atoms with Crippen LogP contribution in [0.5, 0.6) is 0 Å². The summed E-state index contributed by atoms with van der Waals surface area (Å²) in [6, 6.07) is 5.84. The van der Waals surface area contributed by atoms with Gasteiger partial charge in [-0.05, 0) is 12.1 Å². The van der Waals surface area contributed by atoms with Gasteiger partial charge >= 0.3 is 5.76 Å². The first-order valence-corrected chi connectivity index (χ1v) is 4.76. The minimum absolute atomic E-state index is 0.0690. The van der Waals surface area contributed by atoms with Gasteiger partial charge in [-0.15, -0.1) is 5.10 Å². The third-order valence-corrected chi connectivity index (χ3v) is 2.03. The van der Waals surface area contributed by atoms with Gasteiger partial charge in [0.15, 0.2) is 0 Å². The van der Waals surface area contributed by atoms with E-state index in [1.807, 2.05) is 0 Å². The molecule has 0 unspecified atom stereocenters. The highest BCUT2D eigenvalue weighted by Crippen LogP contribution is 2.09. The van der Waals surface area contributed by atoms with Gasteiger partial charge in [-0.2, -0.15) is 4.68 Å². The van der Waals surface area contributed by atoms with Crippen LogP contribution in [0.15, 0.2) is 33.5 Å². The molecule has 0 radical (unpaired) electrons. The molecule has 2 aromatic rings. The standard InChI is InChI=1S/C10H10FN3O2/c11-7-3-1-2-4-8(7)14-10(15)16-9(13-14)5-6-12/h1-4H,5-6,12H2. The van der Waals surface area contributed by atoms with Crippen LogP contribution in [0.4, 0.5) is 4.39 Å². The molecule has 5 nitrogen and oxygen atoms in total. The number of hydrogen-bond acceptors (Lipinski definition) is 4. The molecule has 2 N–H and O–H groups in total. The average Bonchev–Trinajstić information content (AvgIpc) is 2.61. The van der Waals surface area contributed by atoms with Crippen molar-refractivity contribution in [1.82, 2.24) is 9.78 Å². The zero-order valence-electron chi connectivity index (χ0n) is 8.39. The molecule has 0 saturated carbocycles. The highest BCUT2D eigenvalue weighted by Gasteiger charge is 2.12. The number of para-hydroxylation sites is 1. The Morgan fingerprint density at radius 2 is 2.19 bits per heavy atom. The lowest BCUT2D eigenvalue weighted by Crippen LogP contribution is -2.14. The van der Waals surface area contributed by atoms with Crippen LogP contribution in [-0.2, 0) is 6.42 Å². The maximum Gasteiger partial charge on any atom is 0.442 e. The molecule has 0 aliphatic heterocycles. The van der Waals surface area contributed by atoms with E-state index < -0.39 is 11.6 Å². The van der Waals surface area contributed by atoms with Crippen molar-refractivity contribution >= 4 is 0 Å². The van der Waals surface area contributed by atoms with E-state index in [1.54, 1.807) is 6.07 Å². The summed E-state index contributed by atoms with van der Waals surface area (Å²) in [6.07, 6.45) is 0.344. The van der Waals surface area contributed by atoms with Crippen LogP contribution in [0.1, 0.15) is 5.89 Å². The summed E-state index contributed by atoms with van der Waals surface area (Å²) < 4.78 is 19.1. The number of benzene rings is 1. The third-order valence-electron chi connectivity index (χ3n) is 2.03. The summed E-state index contributed by atoms with van der Waals surface area (Å²) in [4.78, 5) is 11.4. The second-order valence-corrected chi connectivity index (χ2v) is 3.16. The number of nitrogens with zero attached hydrogens (tertiary/aromatic N) is 2. The maximum atomic E-state index is 13.4. The van der Waals surface area contributed by atoms with E-state index in [0.717, 1.165) is 4.68 Å². The van der Waals surface area contributed by atoms with Gasteiger partial charge < -0.3 is 10.2 Å². The van der Waals surface area contributed by atoms with Crippen molar-refractivity contribution in [2.24, 2.45) is 5.73 Å². The number of hydrogen-bond donors (Lipinski definition) is 1. The van der Waals surface area contributed by atoms with Crippen molar-refractivity contribution in [3.05, 3.63) is 46.5 Å². The Morgan fingerprint density at radius 1 is 1.44 bits per heavy atom. The van der Waals surface area contributed by atoms with E-state index in [4.69, 9.17) is 10.2 Å². The molecular weight excluding hydrogens is 213 g/mol. The fourth-order valence-corrected chi connectivity index (χ4v) is 1.32. The van der Waals surface area contributed by atoms with E-state index in [2.05, 4.69) is 5.10 Å². The van der Waals surface area contributed by atoms with Gasteiger partial charge in [-0.25, -0.2) is 9.18 Å². The molecule has 0 saturated heterocycles. The molecule has 84 valence electrons. The Morgan fingerprint density at radius 3 is 2.88 bits per heavy atom. The Balaban J connectivity index is 2.48. The van der Waals surface area contributed by atoms with Crippen molar-refractivity contribution in [3.63, 3.8) is 0 Å². The molecular formula is C10H10FN3O2. The number of aromatic nitrogens is 2. The fourth-order valence-electron chi connectivity index (χ4n) is 1.32. The van der Waals surface area contributed by atoms with E-state index >= 15 is 0 Å². The van der Waals surface area contributed by atoms with Gasteiger partial charge in [0.05, 0.1) is 0 Å². The van der Waals surface area contributed by atoms with Gasteiger partial charge in [0.25, 0.3) is 0 Å². The molecule has 1 aromatic heterocycles. The minimum atomic E-state index is -0.714. The minimum Gasteiger partial charge on any atom is -0.392 e. The van der Waals surface area contributed by atoms with Gasteiger partial charge in [-0.3, -0.25) is 0 Å². The summed E-state index contributed by atoms with van der Waals surface area (Å²) in [6.45, 7) is 0.317. The quantitative estimate of drug-likeness (QED) is 0.820. The van der Waals surface area contributed by atoms with Crippen molar-refractivity contribution < 1.29 is 8.81 Å². The zero-order chi connectivity index (χ0) is 11.5. The lowest BCUT2D eigenvalue weighted by atomic mass is 10.3. The van der Waals surface area contributed by atoms with E-state index in [-0.39, 0.29) is 11.6 Å². The van der Waals surface area contributed by atoms with Gasteiger partial charge in [0.2, 0.25) is 5.89 Å². The van der Waals surface area contributed by atoms with Gasteiger partial charge in [0.1, 0.15) is 11.5 Å². The van der Waals surface area contributed by atoms with Gasteiger partial charge in [-0.1, -0.05) is 12.1 Å². The molecule has 16 heavy (non-hydrogen) atoms. The van der Waals surface area contributed by atoms with E-state index in [9.17, 15) is 9.18 Å². The Kier molecular flexibility index (Phi) is 2.82. The summed E-state index contributed by atoms with van der Waals surface area (Å²) in [5, 5.41) is 3.85. The molecule has 2 rings (SSSR count). The maximum absolute atomic E-state index is 13.4. The second kappa shape index (κ2) is 4.28. The second-order valence-electron chi connectivity index (χ2n) is 3.16. The molecule has 0 aliphatic carbocycles. The lowest BCUT2D eigenvalue weighted by molar-refractivity contribution is 0.458. The van der Waals surface area contributed by atoms with E-state index in [0.29, 0.717) is 13.0 Å². The molecule has 0 atom stereocenters. The summed E-state index contributed by atoms with van der Waals surface area (Å²) in [5.74, 6) is -1.04. The molecule has 0 bridgehead atoms. The first kappa shape index (κ1) is 10.6. The fraction of sp³-hybridized carbons (Fsp3) is 0.200. The van der Waals surface area contributed by atoms with Crippen molar-refractivity contribution in [2.45, 2.75) is 6.42 Å². The Labute approximate surface area is 90.3 Å². The monoisotopic (exact) mass is 223 g/mol. The van der Waals surface area contributed by atoms with Crippen molar-refractivity contribution in [3.8, 4) is 5.69 Å². The Bertz CT molecular complexity index is 547. The molecule has 0 fully saturated rings. The number of nitrogens with two attached hydrogens (primary N) is 1. The summed E-state index contributed by atoms with van der Waals surface area (Å²) in [7, 11) is 0. The molecule has 1 aromatic carbocycles. The highest BCUT2D eigenvalue weighted by atomic mass is 19.1. The summed E-state index contributed by atoms with van der Waals surface area (Å²) in [5.41, 5.74) is 5.37. The number of halogens is 1. The van der Waals surface area contributed by atoms with Gasteiger partial charge in [0, 0.05) is 13.0 Å². The zero-order valence-corrected chi connectivity index (χ0v) is 8.39. The molecule has 1 heterocycles. The largest absolute Gasteiger partial charge is 0.442 e. The van der Waals surface area contributed by atoms with Crippen LogP contribution < -0.4 is 11.5 Å². The van der Waals surface area contributed by atoms with Crippen LogP contribution >= 0.6 is 0 Å². The summed E-state index contributed by atoms with van der Waals surface area (Å²) >= 11 is 0. The molecule has 0 amide bonds.